The molecule has 1 aromatic carbocycles. The van der Waals surface area contributed by atoms with Crippen LogP contribution in [0.1, 0.15) is 76.7 Å². The molecule has 0 radical (unpaired) electrons. The Morgan fingerprint density at radius 1 is 0.556 bits per heavy atom. The second-order valence-electron chi connectivity index (χ2n) is 8.05. The topological polar surface area (TPSA) is 0 Å². The molecule has 6 heteroatoms. The summed E-state index contributed by atoms with van der Waals surface area (Å²) in [6, 6.07) is 0. The SMILES string of the molecule is CCCCCCCCCCCC[N+](C)(C)Cc1c(Cl)c(Cl)c(Cl)c(Cl)c1Cl. The van der Waals surface area contributed by atoms with Gasteiger partial charge in [-0.05, 0) is 12.8 Å². The first-order valence-corrected chi connectivity index (χ1v) is 11.9. The van der Waals surface area contributed by atoms with Gasteiger partial charge in [0.1, 0.15) is 6.54 Å². The first kappa shape index (κ1) is 25.7. The standard InChI is InChI=1S/C21H33Cl5N/c1-4-5-6-7-8-9-10-11-12-13-14-27(2,3)15-16-17(22)19(24)21(26)20(25)18(16)23/h4-15H2,1-3H3/q+1. The number of halogens is 5. The maximum absolute atomic E-state index is 6.38. The molecule has 0 aliphatic rings. The van der Waals surface area contributed by atoms with Crippen LogP contribution in [0.3, 0.4) is 0 Å². The summed E-state index contributed by atoms with van der Waals surface area (Å²) >= 11 is 31.2. The molecular weight excluding hydrogens is 444 g/mol. The van der Waals surface area contributed by atoms with Crippen LogP contribution in [0.5, 0.6) is 0 Å². The monoisotopic (exact) mass is 474 g/mol. The van der Waals surface area contributed by atoms with Gasteiger partial charge in [-0.25, -0.2) is 0 Å². The fraction of sp³-hybridized carbons (Fsp3) is 0.714. The van der Waals surface area contributed by atoms with Gasteiger partial charge in [0.15, 0.2) is 0 Å². The molecule has 1 nitrogen and oxygen atoms in total. The van der Waals surface area contributed by atoms with E-state index < -0.39 is 0 Å². The number of hydrogen-bond acceptors (Lipinski definition) is 0. The van der Waals surface area contributed by atoms with Gasteiger partial charge in [-0.15, -0.1) is 0 Å². The van der Waals surface area contributed by atoms with Gasteiger partial charge < -0.3 is 4.48 Å². The lowest BCUT2D eigenvalue weighted by atomic mass is 10.1. The van der Waals surface area contributed by atoms with Crippen LogP contribution in [0.2, 0.25) is 25.1 Å². The molecule has 0 amide bonds. The van der Waals surface area contributed by atoms with Crippen molar-refractivity contribution in [3.63, 3.8) is 0 Å². The average molecular weight is 477 g/mol. The molecule has 0 atom stereocenters. The summed E-state index contributed by atoms with van der Waals surface area (Å²) in [5, 5.41) is 1.59. The quantitative estimate of drug-likeness (QED) is 0.115. The summed E-state index contributed by atoms with van der Waals surface area (Å²) < 4.78 is 0.782. The predicted octanol–water partition coefficient (Wildman–Crippen LogP) is 9.45. The van der Waals surface area contributed by atoms with Gasteiger partial charge in [-0.1, -0.05) is 116 Å². The lowest BCUT2D eigenvalue weighted by molar-refractivity contribution is -0.903. The van der Waals surface area contributed by atoms with E-state index in [2.05, 4.69) is 21.0 Å². The van der Waals surface area contributed by atoms with Gasteiger partial charge in [-0.3, -0.25) is 0 Å². The van der Waals surface area contributed by atoms with Crippen molar-refractivity contribution in [3.05, 3.63) is 30.7 Å². The summed E-state index contributed by atoms with van der Waals surface area (Å²) in [6.45, 7) is 3.99. The molecule has 0 aliphatic carbocycles. The van der Waals surface area contributed by atoms with E-state index in [0.29, 0.717) is 16.6 Å². The largest absolute Gasteiger partial charge is 0.325 e. The summed E-state index contributed by atoms with van der Waals surface area (Å²) in [4.78, 5) is 0. The van der Waals surface area contributed by atoms with Gasteiger partial charge in [0.05, 0.1) is 45.8 Å². The number of nitrogens with zero attached hydrogens (tertiary/aromatic N) is 1. The molecule has 0 aromatic heterocycles. The number of hydrogen-bond donors (Lipinski definition) is 0. The van der Waals surface area contributed by atoms with E-state index >= 15 is 0 Å². The second-order valence-corrected chi connectivity index (χ2v) is 9.94. The van der Waals surface area contributed by atoms with E-state index in [1.54, 1.807) is 0 Å². The maximum atomic E-state index is 6.38. The highest BCUT2D eigenvalue weighted by Crippen LogP contribution is 2.44. The van der Waals surface area contributed by atoms with E-state index in [1.165, 1.54) is 64.2 Å². The van der Waals surface area contributed by atoms with Gasteiger partial charge >= 0.3 is 0 Å². The van der Waals surface area contributed by atoms with Crippen LogP contribution < -0.4 is 0 Å². The molecule has 156 valence electrons. The predicted molar refractivity (Wildman–Crippen MR) is 124 cm³/mol. The van der Waals surface area contributed by atoms with Crippen LogP contribution >= 0.6 is 58.0 Å². The van der Waals surface area contributed by atoms with Crippen LogP contribution in [-0.4, -0.2) is 25.1 Å². The molecule has 1 rings (SSSR count). The zero-order valence-electron chi connectivity index (χ0n) is 16.8. The Hall–Kier alpha value is 0.630. The summed E-state index contributed by atoms with van der Waals surface area (Å²) in [6.07, 6.45) is 13.4. The lowest BCUT2D eigenvalue weighted by Gasteiger charge is -2.31. The van der Waals surface area contributed by atoms with Crippen molar-refractivity contribution in [1.29, 1.82) is 0 Å². The van der Waals surface area contributed by atoms with E-state index in [0.717, 1.165) is 16.6 Å². The third-order valence-electron chi connectivity index (χ3n) is 5.00. The minimum atomic E-state index is 0.220. The van der Waals surface area contributed by atoms with Crippen molar-refractivity contribution in [3.8, 4) is 0 Å². The number of benzene rings is 1. The molecule has 0 aliphatic heterocycles. The maximum Gasteiger partial charge on any atom is 0.107 e. The number of unbranched alkanes of at least 4 members (excludes halogenated alkanes) is 9. The Kier molecular flexibility index (Phi) is 12.4. The molecule has 0 bridgehead atoms. The van der Waals surface area contributed by atoms with Gasteiger partial charge in [0.25, 0.3) is 0 Å². The van der Waals surface area contributed by atoms with Crippen LogP contribution in [0.4, 0.5) is 0 Å². The first-order valence-electron chi connectivity index (χ1n) is 10.0. The number of quaternary nitrogens is 1. The molecular formula is C21H33Cl5N+. The van der Waals surface area contributed by atoms with Crippen molar-refractivity contribution in [2.24, 2.45) is 0 Å². The smallest absolute Gasteiger partial charge is 0.107 e. The third-order valence-corrected chi connectivity index (χ3v) is 7.36. The van der Waals surface area contributed by atoms with E-state index in [9.17, 15) is 0 Å². The van der Waals surface area contributed by atoms with Crippen LogP contribution in [0.25, 0.3) is 0 Å². The normalized spacial score (nSPS) is 12.0. The summed E-state index contributed by atoms with van der Waals surface area (Å²) in [5.41, 5.74) is 0.773. The van der Waals surface area contributed by atoms with Crippen molar-refractivity contribution in [2.45, 2.75) is 77.7 Å². The summed E-state index contributed by atoms with van der Waals surface area (Å²) in [5.74, 6) is 0. The third kappa shape index (κ3) is 8.89. The zero-order chi connectivity index (χ0) is 20.4. The molecule has 0 unspecified atom stereocenters. The van der Waals surface area contributed by atoms with Crippen LogP contribution in [0.15, 0.2) is 0 Å². The average Bonchev–Trinajstić information content (AvgIpc) is 2.63. The summed E-state index contributed by atoms with van der Waals surface area (Å²) in [7, 11) is 4.35. The molecule has 0 N–H and O–H groups in total. The minimum Gasteiger partial charge on any atom is -0.325 e. The molecule has 0 saturated heterocycles. The molecule has 1 aromatic rings. The second kappa shape index (κ2) is 13.0. The van der Waals surface area contributed by atoms with Crippen molar-refractivity contribution in [2.75, 3.05) is 20.6 Å². The van der Waals surface area contributed by atoms with E-state index in [1.807, 2.05) is 0 Å². The van der Waals surface area contributed by atoms with Gasteiger partial charge in [0.2, 0.25) is 0 Å². The van der Waals surface area contributed by atoms with Crippen molar-refractivity contribution < 1.29 is 4.48 Å². The highest BCUT2D eigenvalue weighted by Gasteiger charge is 2.25. The van der Waals surface area contributed by atoms with Gasteiger partial charge in [-0.2, -0.15) is 0 Å². The Morgan fingerprint density at radius 2 is 0.926 bits per heavy atom. The van der Waals surface area contributed by atoms with E-state index in [4.69, 9.17) is 58.0 Å². The molecule has 0 heterocycles. The minimum absolute atomic E-state index is 0.220. The Balaban J connectivity index is 2.39. The Morgan fingerprint density at radius 3 is 1.37 bits per heavy atom. The molecule has 0 saturated carbocycles. The Bertz CT molecular complexity index is 557. The zero-order valence-corrected chi connectivity index (χ0v) is 20.6. The van der Waals surface area contributed by atoms with Gasteiger partial charge in [0, 0.05) is 5.56 Å². The fourth-order valence-electron chi connectivity index (χ4n) is 3.32. The molecule has 0 fully saturated rings. The van der Waals surface area contributed by atoms with Crippen molar-refractivity contribution in [1.82, 2.24) is 0 Å². The van der Waals surface area contributed by atoms with Crippen LogP contribution in [-0.2, 0) is 6.54 Å². The lowest BCUT2D eigenvalue weighted by Crippen LogP contribution is -2.39. The van der Waals surface area contributed by atoms with Crippen molar-refractivity contribution >= 4 is 58.0 Å². The Labute approximate surface area is 190 Å². The fourth-order valence-corrected chi connectivity index (χ4v) is 4.62. The molecule has 0 spiro atoms. The highest BCUT2D eigenvalue weighted by atomic mass is 35.5. The number of rotatable bonds is 13. The highest BCUT2D eigenvalue weighted by molar-refractivity contribution is 6.55. The van der Waals surface area contributed by atoms with E-state index in [-0.39, 0.29) is 15.1 Å². The molecule has 27 heavy (non-hydrogen) atoms. The van der Waals surface area contributed by atoms with Crippen LogP contribution in [0, 0.1) is 0 Å². The first-order chi connectivity index (χ1) is 12.7.